The topological polar surface area (TPSA) is 81.9 Å². The van der Waals surface area contributed by atoms with Crippen LogP contribution in [0.2, 0.25) is 0 Å². The van der Waals surface area contributed by atoms with E-state index in [1.165, 1.54) is 6.07 Å². The van der Waals surface area contributed by atoms with Gasteiger partial charge < -0.3 is 20.5 Å². The highest BCUT2D eigenvalue weighted by Crippen LogP contribution is 2.22. The molecule has 0 bridgehead atoms. The van der Waals surface area contributed by atoms with E-state index in [0.717, 1.165) is 11.4 Å². The minimum Gasteiger partial charge on any atom is -0.495 e. The van der Waals surface area contributed by atoms with E-state index < -0.39 is 0 Å². The molecule has 0 amide bonds. The number of thiocarbonyl (C=S) groups is 1. The van der Waals surface area contributed by atoms with Crippen molar-refractivity contribution in [1.29, 1.82) is 0 Å². The van der Waals surface area contributed by atoms with E-state index >= 15 is 0 Å². The van der Waals surface area contributed by atoms with Gasteiger partial charge in [-0.15, -0.1) is 0 Å². The Morgan fingerprint density at radius 2 is 2.16 bits per heavy atom. The Morgan fingerprint density at radius 1 is 1.37 bits per heavy atom. The minimum atomic E-state index is -0.166. The van der Waals surface area contributed by atoms with E-state index in [9.17, 15) is 4.79 Å². The zero-order chi connectivity index (χ0) is 13.7. The number of anilines is 1. The molecular weight excluding hydrogens is 264 g/mol. The van der Waals surface area contributed by atoms with Crippen molar-refractivity contribution in [3.63, 3.8) is 0 Å². The second-order valence-corrected chi connectivity index (χ2v) is 4.20. The highest BCUT2D eigenvalue weighted by molar-refractivity contribution is 7.80. The number of H-pyrrole nitrogens is 2. The number of hydrogen-bond donors (Lipinski definition) is 4. The zero-order valence-corrected chi connectivity index (χ0v) is 11.1. The average Bonchev–Trinajstić information content (AvgIpc) is 2.83. The molecule has 1 aromatic carbocycles. The van der Waals surface area contributed by atoms with E-state index in [0.29, 0.717) is 17.4 Å². The molecule has 19 heavy (non-hydrogen) atoms. The Labute approximate surface area is 115 Å². The monoisotopic (exact) mass is 278 g/mol. The largest absolute Gasteiger partial charge is 0.495 e. The van der Waals surface area contributed by atoms with Gasteiger partial charge >= 0.3 is 0 Å². The van der Waals surface area contributed by atoms with Crippen molar-refractivity contribution in [3.05, 3.63) is 46.4 Å². The van der Waals surface area contributed by atoms with Gasteiger partial charge in [0.25, 0.3) is 5.56 Å². The maximum Gasteiger partial charge on any atom is 0.264 e. The standard InChI is InChI=1S/C12H14N4O2S/c1-18-10-5-3-2-4-9(10)14-12(19)13-7-8-6-11(17)16-15-8/h2-6H,7H2,1H3,(H2,13,14,19)(H2,15,16,17). The molecule has 2 rings (SSSR count). The summed E-state index contributed by atoms with van der Waals surface area (Å²) in [5.74, 6) is 0.710. The fourth-order valence-electron chi connectivity index (χ4n) is 1.56. The summed E-state index contributed by atoms with van der Waals surface area (Å²) in [4.78, 5) is 10.9. The number of para-hydroxylation sites is 2. The molecule has 1 heterocycles. The predicted molar refractivity (Wildman–Crippen MR) is 77.5 cm³/mol. The first-order chi connectivity index (χ1) is 9.19. The molecule has 0 radical (unpaired) electrons. The highest BCUT2D eigenvalue weighted by Gasteiger charge is 2.04. The molecule has 0 aliphatic heterocycles. The molecule has 0 saturated carbocycles. The zero-order valence-electron chi connectivity index (χ0n) is 10.3. The van der Waals surface area contributed by atoms with Crippen LogP contribution in [0.5, 0.6) is 5.75 Å². The number of ether oxygens (including phenoxy) is 1. The normalized spacial score (nSPS) is 9.95. The molecule has 0 aliphatic rings. The number of aromatic amines is 2. The lowest BCUT2D eigenvalue weighted by molar-refractivity contribution is 0.417. The van der Waals surface area contributed by atoms with Crippen LogP contribution in [-0.2, 0) is 6.54 Å². The minimum absolute atomic E-state index is 0.166. The fourth-order valence-corrected chi connectivity index (χ4v) is 1.74. The maximum absolute atomic E-state index is 10.9. The van der Waals surface area contributed by atoms with Crippen molar-refractivity contribution in [3.8, 4) is 5.75 Å². The Balaban J connectivity index is 1.92. The van der Waals surface area contributed by atoms with Gasteiger partial charge in [0.05, 0.1) is 25.0 Å². The van der Waals surface area contributed by atoms with Crippen LogP contribution in [0.4, 0.5) is 5.69 Å². The van der Waals surface area contributed by atoms with Gasteiger partial charge in [-0.25, -0.2) is 0 Å². The van der Waals surface area contributed by atoms with E-state index in [2.05, 4.69) is 20.8 Å². The van der Waals surface area contributed by atoms with Crippen LogP contribution in [0.3, 0.4) is 0 Å². The van der Waals surface area contributed by atoms with Crippen LogP contribution >= 0.6 is 12.2 Å². The molecule has 2 aromatic rings. The fraction of sp³-hybridized carbons (Fsp3) is 0.167. The number of rotatable bonds is 4. The molecule has 7 heteroatoms. The third-order valence-electron chi connectivity index (χ3n) is 2.45. The van der Waals surface area contributed by atoms with Crippen molar-refractivity contribution in [2.24, 2.45) is 0 Å². The van der Waals surface area contributed by atoms with Crippen molar-refractivity contribution in [1.82, 2.24) is 15.5 Å². The summed E-state index contributed by atoms with van der Waals surface area (Å²) in [6.45, 7) is 0.430. The van der Waals surface area contributed by atoms with E-state index in [1.807, 2.05) is 24.3 Å². The summed E-state index contributed by atoms with van der Waals surface area (Å²) < 4.78 is 5.21. The van der Waals surface area contributed by atoms with Gasteiger partial charge in [-0.05, 0) is 24.4 Å². The smallest absolute Gasteiger partial charge is 0.264 e. The predicted octanol–water partition coefficient (Wildman–Crippen LogP) is 1.20. The summed E-state index contributed by atoms with van der Waals surface area (Å²) in [5, 5.41) is 11.7. The lowest BCUT2D eigenvalue weighted by atomic mass is 10.3. The van der Waals surface area contributed by atoms with Crippen molar-refractivity contribution < 1.29 is 4.74 Å². The summed E-state index contributed by atoms with van der Waals surface area (Å²) in [7, 11) is 1.60. The molecule has 1 aromatic heterocycles. The van der Waals surface area contributed by atoms with E-state index in [1.54, 1.807) is 7.11 Å². The molecule has 6 nitrogen and oxygen atoms in total. The summed E-state index contributed by atoms with van der Waals surface area (Å²) in [6.07, 6.45) is 0. The third-order valence-corrected chi connectivity index (χ3v) is 2.69. The van der Waals surface area contributed by atoms with Crippen LogP contribution < -0.4 is 20.9 Å². The molecule has 4 N–H and O–H groups in total. The number of benzene rings is 1. The molecular formula is C12H14N4O2S. The van der Waals surface area contributed by atoms with Crippen LogP contribution in [0.15, 0.2) is 35.1 Å². The Morgan fingerprint density at radius 3 is 2.84 bits per heavy atom. The molecule has 100 valence electrons. The molecule has 0 atom stereocenters. The Hall–Kier alpha value is -2.28. The van der Waals surface area contributed by atoms with Gasteiger partial charge in [0.1, 0.15) is 5.75 Å². The first-order valence-corrected chi connectivity index (χ1v) is 6.04. The van der Waals surface area contributed by atoms with Gasteiger partial charge in [0.15, 0.2) is 5.11 Å². The molecule has 0 spiro atoms. The van der Waals surface area contributed by atoms with Gasteiger partial charge in [0.2, 0.25) is 0 Å². The second-order valence-electron chi connectivity index (χ2n) is 3.79. The number of hydrogen-bond acceptors (Lipinski definition) is 3. The third kappa shape index (κ3) is 3.59. The first kappa shape index (κ1) is 13.2. The van der Waals surface area contributed by atoms with Crippen LogP contribution in [0, 0.1) is 0 Å². The highest BCUT2D eigenvalue weighted by atomic mass is 32.1. The average molecular weight is 278 g/mol. The van der Waals surface area contributed by atoms with E-state index in [-0.39, 0.29) is 5.56 Å². The number of methoxy groups -OCH3 is 1. The summed E-state index contributed by atoms with van der Waals surface area (Å²) >= 11 is 5.17. The van der Waals surface area contributed by atoms with Crippen molar-refractivity contribution in [2.45, 2.75) is 6.54 Å². The van der Waals surface area contributed by atoms with Gasteiger partial charge in [0, 0.05) is 6.07 Å². The van der Waals surface area contributed by atoms with Crippen molar-refractivity contribution in [2.75, 3.05) is 12.4 Å². The van der Waals surface area contributed by atoms with Crippen LogP contribution in [0.25, 0.3) is 0 Å². The molecule has 0 fully saturated rings. The lowest BCUT2D eigenvalue weighted by Gasteiger charge is -2.12. The SMILES string of the molecule is COc1ccccc1NC(=S)NCc1cc(=O)[nH][nH]1. The number of aromatic nitrogens is 2. The van der Waals surface area contributed by atoms with Crippen LogP contribution in [-0.4, -0.2) is 22.4 Å². The number of nitrogens with one attached hydrogen (secondary N) is 4. The second kappa shape index (κ2) is 6.05. The van der Waals surface area contributed by atoms with Crippen molar-refractivity contribution >= 4 is 23.0 Å². The lowest BCUT2D eigenvalue weighted by Crippen LogP contribution is -2.28. The molecule has 0 saturated heterocycles. The quantitative estimate of drug-likeness (QED) is 0.632. The summed E-state index contributed by atoms with van der Waals surface area (Å²) in [5.41, 5.74) is 1.35. The van der Waals surface area contributed by atoms with E-state index in [4.69, 9.17) is 17.0 Å². The maximum atomic E-state index is 10.9. The Kier molecular flexibility index (Phi) is 4.19. The van der Waals surface area contributed by atoms with Gasteiger partial charge in [-0.3, -0.25) is 9.89 Å². The Bertz CT molecular complexity index is 620. The molecule has 0 aliphatic carbocycles. The van der Waals surface area contributed by atoms with Gasteiger partial charge in [-0.1, -0.05) is 12.1 Å². The first-order valence-electron chi connectivity index (χ1n) is 5.63. The summed E-state index contributed by atoms with van der Waals surface area (Å²) in [6, 6.07) is 8.94. The van der Waals surface area contributed by atoms with Crippen LogP contribution in [0.1, 0.15) is 5.69 Å². The molecule has 0 unspecified atom stereocenters. The van der Waals surface area contributed by atoms with Gasteiger partial charge in [-0.2, -0.15) is 0 Å².